The second-order valence-corrected chi connectivity index (χ2v) is 4.91. The van der Waals surface area contributed by atoms with Crippen molar-refractivity contribution in [1.82, 2.24) is 5.32 Å². The van der Waals surface area contributed by atoms with Crippen molar-refractivity contribution in [1.29, 1.82) is 0 Å². The van der Waals surface area contributed by atoms with Crippen LogP contribution in [-0.2, 0) is 16.1 Å². The van der Waals surface area contributed by atoms with Gasteiger partial charge in [-0.15, -0.1) is 0 Å². The molecule has 2 rings (SSSR count). The lowest BCUT2D eigenvalue weighted by Crippen LogP contribution is -2.29. The Morgan fingerprint density at radius 1 is 1.37 bits per heavy atom. The minimum absolute atomic E-state index is 0.102. The van der Waals surface area contributed by atoms with Gasteiger partial charge in [0.25, 0.3) is 0 Å². The fourth-order valence-electron chi connectivity index (χ4n) is 2.31. The average Bonchev–Trinajstić information content (AvgIpc) is 2.46. The van der Waals surface area contributed by atoms with E-state index in [0.29, 0.717) is 18.9 Å². The molecule has 1 aromatic carbocycles. The summed E-state index contributed by atoms with van der Waals surface area (Å²) in [4.78, 5) is 11.8. The Kier molecular flexibility index (Phi) is 5.21. The molecule has 1 aliphatic rings. The largest absolute Gasteiger partial charge is 0.497 e. The number of benzene rings is 1. The first-order chi connectivity index (χ1) is 9.28. The predicted octanol–water partition coefficient (Wildman–Crippen LogP) is 2.13. The van der Waals surface area contributed by atoms with Crippen molar-refractivity contribution in [2.24, 2.45) is 5.92 Å². The van der Waals surface area contributed by atoms with Crippen LogP contribution in [0.2, 0.25) is 0 Å². The van der Waals surface area contributed by atoms with Crippen molar-refractivity contribution >= 4 is 5.97 Å². The first-order valence-corrected chi connectivity index (χ1v) is 6.77. The molecule has 1 aromatic rings. The molecule has 1 heterocycles. The van der Waals surface area contributed by atoms with E-state index in [-0.39, 0.29) is 5.97 Å². The molecule has 0 saturated carbocycles. The fourth-order valence-corrected chi connectivity index (χ4v) is 2.31. The van der Waals surface area contributed by atoms with Crippen LogP contribution in [0.1, 0.15) is 24.8 Å². The molecule has 1 N–H and O–H groups in total. The number of carbonyl (C=O) groups excluding carboxylic acids is 1. The lowest BCUT2D eigenvalue weighted by Gasteiger charge is -2.21. The summed E-state index contributed by atoms with van der Waals surface area (Å²) in [5.74, 6) is 1.15. The van der Waals surface area contributed by atoms with Crippen molar-refractivity contribution < 1.29 is 14.3 Å². The summed E-state index contributed by atoms with van der Waals surface area (Å²) in [6, 6.07) is 7.59. The van der Waals surface area contributed by atoms with Gasteiger partial charge in [0.05, 0.1) is 7.11 Å². The minimum Gasteiger partial charge on any atom is -0.497 e. The first-order valence-electron chi connectivity index (χ1n) is 6.77. The molecule has 1 aliphatic heterocycles. The Morgan fingerprint density at radius 2 is 2.16 bits per heavy atom. The lowest BCUT2D eigenvalue weighted by atomic mass is 9.95. The number of piperidine rings is 1. The molecule has 4 heteroatoms. The molecule has 0 amide bonds. The summed E-state index contributed by atoms with van der Waals surface area (Å²) in [7, 11) is 1.63. The Morgan fingerprint density at radius 3 is 2.89 bits per heavy atom. The molecule has 19 heavy (non-hydrogen) atoms. The SMILES string of the molecule is COc1cccc(COC(=O)CC2CCNCC2)c1. The zero-order valence-corrected chi connectivity index (χ0v) is 11.4. The monoisotopic (exact) mass is 263 g/mol. The summed E-state index contributed by atoms with van der Waals surface area (Å²) in [5.41, 5.74) is 0.956. The molecular weight excluding hydrogens is 242 g/mol. The van der Waals surface area contributed by atoms with E-state index in [1.807, 2.05) is 24.3 Å². The van der Waals surface area contributed by atoms with Crippen molar-refractivity contribution in [2.75, 3.05) is 20.2 Å². The van der Waals surface area contributed by atoms with E-state index in [9.17, 15) is 4.79 Å². The Bertz CT molecular complexity index is 414. The van der Waals surface area contributed by atoms with Crippen LogP contribution < -0.4 is 10.1 Å². The third kappa shape index (κ3) is 4.56. The normalized spacial score (nSPS) is 16.1. The standard InChI is InChI=1S/C15H21NO3/c1-18-14-4-2-3-13(9-14)11-19-15(17)10-12-5-7-16-8-6-12/h2-4,9,12,16H,5-8,10-11H2,1H3. The predicted molar refractivity (Wildman–Crippen MR) is 73.0 cm³/mol. The van der Waals surface area contributed by atoms with Crippen LogP contribution in [0.4, 0.5) is 0 Å². The zero-order valence-electron chi connectivity index (χ0n) is 11.4. The number of hydrogen-bond acceptors (Lipinski definition) is 4. The quantitative estimate of drug-likeness (QED) is 0.827. The van der Waals surface area contributed by atoms with E-state index in [0.717, 1.165) is 37.2 Å². The van der Waals surface area contributed by atoms with Gasteiger partial charge in [-0.1, -0.05) is 12.1 Å². The van der Waals surface area contributed by atoms with E-state index in [2.05, 4.69) is 5.32 Å². The Hall–Kier alpha value is -1.55. The summed E-state index contributed by atoms with van der Waals surface area (Å²) < 4.78 is 10.5. The van der Waals surface area contributed by atoms with Crippen LogP contribution >= 0.6 is 0 Å². The summed E-state index contributed by atoms with van der Waals surface area (Å²) in [6.45, 7) is 2.34. The maximum atomic E-state index is 11.8. The van der Waals surface area contributed by atoms with Crippen LogP contribution in [0.5, 0.6) is 5.75 Å². The van der Waals surface area contributed by atoms with Crippen molar-refractivity contribution in [3.63, 3.8) is 0 Å². The molecule has 4 nitrogen and oxygen atoms in total. The number of hydrogen-bond donors (Lipinski definition) is 1. The maximum Gasteiger partial charge on any atom is 0.306 e. The molecular formula is C15H21NO3. The van der Waals surface area contributed by atoms with E-state index in [4.69, 9.17) is 9.47 Å². The summed E-state index contributed by atoms with van der Waals surface area (Å²) in [5, 5.41) is 3.29. The molecule has 0 aliphatic carbocycles. The first kappa shape index (κ1) is 13.9. The van der Waals surface area contributed by atoms with Crippen molar-refractivity contribution in [2.45, 2.75) is 25.9 Å². The third-order valence-corrected chi connectivity index (χ3v) is 3.45. The van der Waals surface area contributed by atoms with Gasteiger partial charge in [0.15, 0.2) is 0 Å². The zero-order chi connectivity index (χ0) is 13.5. The highest BCUT2D eigenvalue weighted by molar-refractivity contribution is 5.69. The number of nitrogens with one attached hydrogen (secondary N) is 1. The number of methoxy groups -OCH3 is 1. The molecule has 0 atom stereocenters. The summed E-state index contributed by atoms with van der Waals surface area (Å²) >= 11 is 0. The van der Waals surface area contributed by atoms with E-state index in [1.165, 1.54) is 0 Å². The van der Waals surface area contributed by atoms with Crippen LogP contribution in [0, 0.1) is 5.92 Å². The smallest absolute Gasteiger partial charge is 0.306 e. The van der Waals surface area contributed by atoms with Gasteiger partial charge in [0.2, 0.25) is 0 Å². The number of carbonyl (C=O) groups is 1. The highest BCUT2D eigenvalue weighted by Gasteiger charge is 2.17. The molecule has 0 spiro atoms. The van der Waals surface area contributed by atoms with Gasteiger partial charge in [-0.05, 0) is 49.5 Å². The molecule has 0 unspecified atom stereocenters. The van der Waals surface area contributed by atoms with Gasteiger partial charge < -0.3 is 14.8 Å². The molecule has 1 fully saturated rings. The Labute approximate surface area is 114 Å². The van der Waals surface area contributed by atoms with Gasteiger partial charge >= 0.3 is 5.97 Å². The van der Waals surface area contributed by atoms with Crippen molar-refractivity contribution in [3.05, 3.63) is 29.8 Å². The second kappa shape index (κ2) is 7.14. The van der Waals surface area contributed by atoms with Gasteiger partial charge in [-0.3, -0.25) is 4.79 Å². The second-order valence-electron chi connectivity index (χ2n) is 4.91. The maximum absolute atomic E-state index is 11.8. The topological polar surface area (TPSA) is 47.6 Å². The summed E-state index contributed by atoms with van der Waals surface area (Å²) in [6.07, 6.45) is 2.66. The van der Waals surface area contributed by atoms with Crippen LogP contribution in [-0.4, -0.2) is 26.2 Å². The number of esters is 1. The van der Waals surface area contributed by atoms with Gasteiger partial charge in [0, 0.05) is 6.42 Å². The van der Waals surface area contributed by atoms with Crippen LogP contribution in [0.3, 0.4) is 0 Å². The van der Waals surface area contributed by atoms with Crippen LogP contribution in [0.15, 0.2) is 24.3 Å². The van der Waals surface area contributed by atoms with Crippen LogP contribution in [0.25, 0.3) is 0 Å². The van der Waals surface area contributed by atoms with E-state index >= 15 is 0 Å². The molecule has 0 radical (unpaired) electrons. The highest BCUT2D eigenvalue weighted by Crippen LogP contribution is 2.18. The molecule has 104 valence electrons. The fraction of sp³-hybridized carbons (Fsp3) is 0.533. The van der Waals surface area contributed by atoms with Gasteiger partial charge in [-0.2, -0.15) is 0 Å². The molecule has 0 bridgehead atoms. The molecule has 1 saturated heterocycles. The Balaban J connectivity index is 1.76. The number of ether oxygens (including phenoxy) is 2. The third-order valence-electron chi connectivity index (χ3n) is 3.45. The van der Waals surface area contributed by atoms with E-state index < -0.39 is 0 Å². The minimum atomic E-state index is -0.102. The highest BCUT2D eigenvalue weighted by atomic mass is 16.5. The lowest BCUT2D eigenvalue weighted by molar-refractivity contribution is -0.146. The number of rotatable bonds is 5. The molecule has 0 aromatic heterocycles. The van der Waals surface area contributed by atoms with Crippen molar-refractivity contribution in [3.8, 4) is 5.75 Å². The van der Waals surface area contributed by atoms with Gasteiger partial charge in [0.1, 0.15) is 12.4 Å². The van der Waals surface area contributed by atoms with Gasteiger partial charge in [-0.25, -0.2) is 0 Å². The van der Waals surface area contributed by atoms with E-state index in [1.54, 1.807) is 7.11 Å². The average molecular weight is 263 g/mol.